The van der Waals surface area contributed by atoms with E-state index in [0.717, 1.165) is 6.07 Å². The van der Waals surface area contributed by atoms with E-state index in [1.54, 1.807) is 6.92 Å². The van der Waals surface area contributed by atoms with Crippen LogP contribution in [0.15, 0.2) is 41.5 Å². The molecule has 1 aromatic carbocycles. The van der Waals surface area contributed by atoms with Crippen molar-refractivity contribution in [2.24, 2.45) is 10.7 Å². The van der Waals surface area contributed by atoms with Gasteiger partial charge in [-0.3, -0.25) is 9.78 Å². The zero-order valence-electron chi connectivity index (χ0n) is 15.4. The molecule has 1 aromatic heterocycles. The summed E-state index contributed by atoms with van der Waals surface area (Å²) in [5.74, 6) is -1.27. The minimum absolute atomic E-state index is 0.111. The molecule has 29 heavy (non-hydrogen) atoms. The molecule has 0 saturated carbocycles. The lowest BCUT2D eigenvalue weighted by Gasteiger charge is -2.36. The molecule has 2 heterocycles. The van der Waals surface area contributed by atoms with Gasteiger partial charge in [-0.2, -0.15) is 5.26 Å². The number of amidine groups is 1. The van der Waals surface area contributed by atoms with Crippen LogP contribution in [0, 0.1) is 17.1 Å². The molecular formula is C20H17F3N4O2. The molecule has 1 aliphatic heterocycles. The number of aliphatic imine (C=N–C) groups is 1. The second-order valence-corrected chi connectivity index (χ2v) is 6.77. The highest BCUT2D eigenvalue weighted by molar-refractivity contribution is 5.95. The van der Waals surface area contributed by atoms with Gasteiger partial charge in [0.1, 0.15) is 23.7 Å². The number of ether oxygens (including phenoxy) is 1. The third-order valence-electron chi connectivity index (χ3n) is 4.63. The summed E-state index contributed by atoms with van der Waals surface area (Å²) in [6.45, 7) is 1.54. The minimum atomic E-state index is -3.03. The van der Waals surface area contributed by atoms with Gasteiger partial charge in [0.2, 0.25) is 0 Å². The third-order valence-corrected chi connectivity index (χ3v) is 4.63. The van der Waals surface area contributed by atoms with E-state index in [0.29, 0.717) is 11.1 Å². The number of halogens is 3. The molecule has 0 radical (unpaired) electrons. The summed E-state index contributed by atoms with van der Waals surface area (Å²) in [7, 11) is 0. The average Bonchev–Trinajstić information content (AvgIpc) is 2.68. The van der Waals surface area contributed by atoms with E-state index in [-0.39, 0.29) is 24.1 Å². The van der Waals surface area contributed by atoms with Crippen molar-refractivity contribution in [3.8, 4) is 6.07 Å². The van der Waals surface area contributed by atoms with Crippen LogP contribution >= 0.6 is 0 Å². The van der Waals surface area contributed by atoms with E-state index in [1.165, 1.54) is 30.5 Å². The fraction of sp³-hybridized carbons (Fsp3) is 0.300. The van der Waals surface area contributed by atoms with Crippen LogP contribution in [-0.4, -0.2) is 29.3 Å². The smallest absolute Gasteiger partial charge is 0.283 e. The van der Waals surface area contributed by atoms with E-state index in [1.807, 2.05) is 6.07 Å². The number of alkyl halides is 2. The molecule has 0 spiro atoms. The molecule has 2 aromatic rings. The Kier molecular flexibility index (Phi) is 5.55. The van der Waals surface area contributed by atoms with E-state index in [2.05, 4.69) is 9.98 Å². The number of carbonyl (C=O) groups excluding carboxylic acids is 1. The van der Waals surface area contributed by atoms with Crippen LogP contribution in [-0.2, 0) is 16.7 Å². The normalized spacial score (nSPS) is 21.2. The minimum Gasteiger partial charge on any atom is -0.462 e. The second-order valence-electron chi connectivity index (χ2n) is 6.77. The molecule has 9 heteroatoms. The van der Waals surface area contributed by atoms with Gasteiger partial charge in [-0.1, -0.05) is 6.07 Å². The van der Waals surface area contributed by atoms with Gasteiger partial charge in [0.15, 0.2) is 11.3 Å². The predicted molar refractivity (Wildman–Crippen MR) is 97.9 cm³/mol. The number of rotatable bonds is 5. The van der Waals surface area contributed by atoms with Crippen molar-refractivity contribution in [2.45, 2.75) is 37.8 Å². The number of ketones is 1. The van der Waals surface area contributed by atoms with Gasteiger partial charge in [0, 0.05) is 24.6 Å². The van der Waals surface area contributed by atoms with Crippen molar-refractivity contribution in [3.05, 3.63) is 64.7 Å². The molecule has 150 valence electrons. The number of nitrogens with two attached hydrogens (primary N) is 1. The Bertz CT molecular complexity index is 1000. The van der Waals surface area contributed by atoms with E-state index in [9.17, 15) is 18.0 Å². The van der Waals surface area contributed by atoms with E-state index < -0.39 is 35.7 Å². The number of hydrogen-bond acceptors (Lipinski definition) is 6. The molecular weight excluding hydrogens is 385 g/mol. The molecule has 0 amide bonds. The first-order valence-electron chi connectivity index (χ1n) is 8.73. The molecule has 1 aliphatic rings. The van der Waals surface area contributed by atoms with Gasteiger partial charge >= 0.3 is 0 Å². The summed E-state index contributed by atoms with van der Waals surface area (Å²) in [6, 6.07) is 7.88. The lowest BCUT2D eigenvalue weighted by Crippen LogP contribution is -2.44. The second kappa shape index (κ2) is 7.91. The lowest BCUT2D eigenvalue weighted by molar-refractivity contribution is 0.00520. The number of aromatic nitrogens is 1. The van der Waals surface area contributed by atoms with Crippen molar-refractivity contribution in [1.29, 1.82) is 5.26 Å². The first-order valence-corrected chi connectivity index (χ1v) is 8.73. The Balaban J connectivity index is 1.96. The van der Waals surface area contributed by atoms with Crippen molar-refractivity contribution >= 4 is 11.8 Å². The number of Topliss-reactive ketones (excluding diaryl/α,β-unsaturated/α-hetero) is 1. The summed E-state index contributed by atoms with van der Waals surface area (Å²) in [6.07, 6.45) is -2.91. The SMILES string of the molecule is C[C@@H]1C[C@](c2cc(CC(=O)c3ccc(C#N)cn3)ccc2F)(C(F)F)N=C(N)O1. The van der Waals surface area contributed by atoms with Crippen LogP contribution in [0.5, 0.6) is 0 Å². The Morgan fingerprint density at radius 2 is 2.17 bits per heavy atom. The lowest BCUT2D eigenvalue weighted by atomic mass is 9.83. The van der Waals surface area contributed by atoms with Crippen LogP contribution in [0.2, 0.25) is 0 Å². The number of nitriles is 1. The van der Waals surface area contributed by atoms with Gasteiger partial charge in [-0.15, -0.1) is 0 Å². The quantitative estimate of drug-likeness (QED) is 0.775. The maximum Gasteiger partial charge on any atom is 0.283 e. The highest BCUT2D eigenvalue weighted by atomic mass is 19.3. The topological polar surface area (TPSA) is 101 Å². The molecule has 6 nitrogen and oxygen atoms in total. The number of hydrogen-bond donors (Lipinski definition) is 1. The summed E-state index contributed by atoms with van der Waals surface area (Å²) in [4.78, 5) is 20.1. The Morgan fingerprint density at radius 3 is 2.76 bits per heavy atom. The first kappa shape index (κ1) is 20.3. The van der Waals surface area contributed by atoms with Crippen LogP contribution in [0.3, 0.4) is 0 Å². The fourth-order valence-electron chi connectivity index (χ4n) is 3.30. The number of nitrogens with zero attached hydrogens (tertiary/aromatic N) is 3. The van der Waals surface area contributed by atoms with Crippen molar-refractivity contribution < 1.29 is 22.7 Å². The zero-order valence-corrected chi connectivity index (χ0v) is 15.4. The fourth-order valence-corrected chi connectivity index (χ4v) is 3.30. The Morgan fingerprint density at radius 1 is 1.41 bits per heavy atom. The Hall–Kier alpha value is -3.41. The molecule has 2 atom stereocenters. The highest BCUT2D eigenvalue weighted by Gasteiger charge is 2.48. The predicted octanol–water partition coefficient (Wildman–Crippen LogP) is 3.10. The molecule has 2 N–H and O–H groups in total. The van der Waals surface area contributed by atoms with Crippen molar-refractivity contribution in [3.63, 3.8) is 0 Å². The molecule has 0 fully saturated rings. The monoisotopic (exact) mass is 402 g/mol. The van der Waals surface area contributed by atoms with Gasteiger partial charge in [-0.25, -0.2) is 18.2 Å². The maximum absolute atomic E-state index is 14.5. The van der Waals surface area contributed by atoms with Crippen LogP contribution in [0.4, 0.5) is 13.2 Å². The van der Waals surface area contributed by atoms with E-state index in [4.69, 9.17) is 15.7 Å². The first-order chi connectivity index (χ1) is 13.7. The molecule has 0 unspecified atom stereocenters. The molecule has 0 aliphatic carbocycles. The van der Waals surface area contributed by atoms with Gasteiger partial charge in [-0.05, 0) is 36.8 Å². The van der Waals surface area contributed by atoms with Gasteiger partial charge in [0.05, 0.1) is 5.56 Å². The number of pyridine rings is 1. The molecule has 0 saturated heterocycles. The largest absolute Gasteiger partial charge is 0.462 e. The van der Waals surface area contributed by atoms with Crippen LogP contribution in [0.1, 0.15) is 40.5 Å². The van der Waals surface area contributed by atoms with Gasteiger partial charge < -0.3 is 10.5 Å². The van der Waals surface area contributed by atoms with Gasteiger partial charge in [0.25, 0.3) is 12.4 Å². The summed E-state index contributed by atoms with van der Waals surface area (Å²) >= 11 is 0. The molecule has 0 bridgehead atoms. The summed E-state index contributed by atoms with van der Waals surface area (Å²) in [5.41, 5.74) is 3.73. The number of benzene rings is 1. The molecule has 3 rings (SSSR count). The zero-order chi connectivity index (χ0) is 21.2. The third kappa shape index (κ3) is 4.06. The highest BCUT2D eigenvalue weighted by Crippen LogP contribution is 2.41. The standard InChI is InChI=1S/C20H17F3N4O2/c1-11-8-20(18(22)23,27-19(25)29-11)14-6-12(2-4-15(14)21)7-17(28)16-5-3-13(9-24)10-26-16/h2-6,10-11,18H,7-8H2,1H3,(H2,25,27)/t11-,20+/m1/s1. The average molecular weight is 402 g/mol. The number of carbonyl (C=O) groups is 1. The summed E-state index contributed by atoms with van der Waals surface area (Å²) < 4.78 is 47.7. The van der Waals surface area contributed by atoms with E-state index >= 15 is 0 Å². The maximum atomic E-state index is 14.5. The summed E-state index contributed by atoms with van der Waals surface area (Å²) in [5, 5.41) is 8.79. The van der Waals surface area contributed by atoms with Crippen molar-refractivity contribution in [1.82, 2.24) is 4.98 Å². The van der Waals surface area contributed by atoms with Crippen molar-refractivity contribution in [2.75, 3.05) is 0 Å². The Labute approximate surface area is 164 Å². The van der Waals surface area contributed by atoms with Crippen LogP contribution in [0.25, 0.3) is 0 Å². The van der Waals surface area contributed by atoms with Crippen LogP contribution < -0.4 is 5.73 Å².